The number of rotatable bonds is 3. The molecule has 0 spiro atoms. The first-order valence-electron chi connectivity index (χ1n) is 7.89. The molecule has 1 atom stereocenters. The molecule has 1 amide bonds. The SMILES string of the molecule is CC1CCc2ccccc2N1C(=O)COC(=O)c1ccccc1Br. The van der Waals surface area contributed by atoms with E-state index in [9.17, 15) is 9.59 Å². The predicted octanol–water partition coefficient (Wildman–Crippen LogP) is 3.97. The number of halogens is 1. The lowest BCUT2D eigenvalue weighted by atomic mass is 9.96. The highest BCUT2D eigenvalue weighted by atomic mass is 79.9. The van der Waals surface area contributed by atoms with Crippen molar-refractivity contribution in [3.05, 3.63) is 64.1 Å². The molecular weight excluding hydrogens is 370 g/mol. The minimum atomic E-state index is -0.506. The van der Waals surface area contributed by atoms with E-state index in [1.165, 1.54) is 0 Å². The molecule has 24 heavy (non-hydrogen) atoms. The van der Waals surface area contributed by atoms with Crippen LogP contribution in [-0.4, -0.2) is 24.5 Å². The molecule has 4 nitrogen and oxygen atoms in total. The summed E-state index contributed by atoms with van der Waals surface area (Å²) in [6, 6.07) is 15.0. The fourth-order valence-electron chi connectivity index (χ4n) is 2.97. The minimum absolute atomic E-state index is 0.0922. The topological polar surface area (TPSA) is 46.6 Å². The molecule has 5 heteroatoms. The van der Waals surface area contributed by atoms with Gasteiger partial charge in [0.25, 0.3) is 5.91 Å². The third kappa shape index (κ3) is 3.36. The molecule has 0 aromatic heterocycles. The normalized spacial score (nSPS) is 16.4. The van der Waals surface area contributed by atoms with Gasteiger partial charge in [0.2, 0.25) is 0 Å². The predicted molar refractivity (Wildman–Crippen MR) is 96.1 cm³/mol. The summed E-state index contributed by atoms with van der Waals surface area (Å²) in [5.74, 6) is -0.705. The van der Waals surface area contributed by atoms with Crippen LogP contribution in [0.15, 0.2) is 53.0 Å². The third-order valence-corrected chi connectivity index (χ3v) is 4.90. The highest BCUT2D eigenvalue weighted by Crippen LogP contribution is 2.30. The van der Waals surface area contributed by atoms with E-state index in [4.69, 9.17) is 4.74 Å². The maximum absolute atomic E-state index is 12.6. The van der Waals surface area contributed by atoms with Crippen LogP contribution in [0.4, 0.5) is 5.69 Å². The molecule has 3 rings (SSSR count). The maximum atomic E-state index is 12.6. The zero-order valence-electron chi connectivity index (χ0n) is 13.4. The van der Waals surface area contributed by atoms with Crippen LogP contribution in [-0.2, 0) is 16.0 Å². The van der Waals surface area contributed by atoms with Crippen molar-refractivity contribution in [2.45, 2.75) is 25.8 Å². The Morgan fingerprint density at radius 2 is 1.88 bits per heavy atom. The Morgan fingerprint density at radius 1 is 1.17 bits per heavy atom. The number of amides is 1. The number of carbonyl (C=O) groups excluding carboxylic acids is 2. The molecule has 0 saturated carbocycles. The molecule has 0 fully saturated rings. The Morgan fingerprint density at radius 3 is 2.67 bits per heavy atom. The van der Waals surface area contributed by atoms with Crippen molar-refractivity contribution < 1.29 is 14.3 Å². The van der Waals surface area contributed by atoms with Crippen LogP contribution >= 0.6 is 15.9 Å². The lowest BCUT2D eigenvalue weighted by Crippen LogP contribution is -2.44. The van der Waals surface area contributed by atoms with Crippen molar-refractivity contribution in [2.75, 3.05) is 11.5 Å². The molecule has 1 unspecified atom stereocenters. The van der Waals surface area contributed by atoms with E-state index in [-0.39, 0.29) is 18.6 Å². The van der Waals surface area contributed by atoms with Crippen LogP contribution in [0.1, 0.15) is 29.3 Å². The third-order valence-electron chi connectivity index (χ3n) is 4.21. The number of anilines is 1. The zero-order valence-corrected chi connectivity index (χ0v) is 15.0. The second-order valence-corrected chi connectivity index (χ2v) is 6.69. The summed E-state index contributed by atoms with van der Waals surface area (Å²) in [6.07, 6.45) is 1.86. The second kappa shape index (κ2) is 7.18. The molecule has 0 N–H and O–H groups in total. The Bertz CT molecular complexity index is 775. The number of hydrogen-bond donors (Lipinski definition) is 0. The lowest BCUT2D eigenvalue weighted by molar-refractivity contribution is -0.122. The van der Waals surface area contributed by atoms with E-state index in [2.05, 4.69) is 15.9 Å². The number of esters is 1. The maximum Gasteiger partial charge on any atom is 0.339 e. The zero-order chi connectivity index (χ0) is 17.1. The molecule has 0 saturated heterocycles. The van der Waals surface area contributed by atoms with Gasteiger partial charge in [-0.2, -0.15) is 0 Å². The van der Waals surface area contributed by atoms with E-state index < -0.39 is 5.97 Å². The Hall–Kier alpha value is -2.14. The van der Waals surface area contributed by atoms with Gasteiger partial charge in [-0.1, -0.05) is 30.3 Å². The molecule has 2 aromatic carbocycles. The van der Waals surface area contributed by atoms with Crippen molar-refractivity contribution in [1.29, 1.82) is 0 Å². The number of para-hydroxylation sites is 1. The summed E-state index contributed by atoms with van der Waals surface area (Å²) in [6.45, 7) is 1.75. The fourth-order valence-corrected chi connectivity index (χ4v) is 3.42. The van der Waals surface area contributed by atoms with Crippen LogP contribution in [0.3, 0.4) is 0 Å². The summed E-state index contributed by atoms with van der Waals surface area (Å²) < 4.78 is 5.88. The van der Waals surface area contributed by atoms with Gasteiger partial charge in [0.15, 0.2) is 6.61 Å². The largest absolute Gasteiger partial charge is 0.452 e. The van der Waals surface area contributed by atoms with Crippen LogP contribution in [0.2, 0.25) is 0 Å². The highest BCUT2D eigenvalue weighted by molar-refractivity contribution is 9.10. The smallest absolute Gasteiger partial charge is 0.339 e. The summed E-state index contributed by atoms with van der Waals surface area (Å²) >= 11 is 3.32. The van der Waals surface area contributed by atoms with Crippen molar-refractivity contribution >= 4 is 33.5 Å². The van der Waals surface area contributed by atoms with Crippen molar-refractivity contribution in [2.24, 2.45) is 0 Å². The molecule has 0 radical (unpaired) electrons. The van der Waals surface area contributed by atoms with Crippen molar-refractivity contribution in [3.8, 4) is 0 Å². The number of nitrogens with zero attached hydrogens (tertiary/aromatic N) is 1. The first-order chi connectivity index (χ1) is 11.6. The van der Waals surface area contributed by atoms with Gasteiger partial charge in [0.1, 0.15) is 0 Å². The van der Waals surface area contributed by atoms with E-state index >= 15 is 0 Å². The average Bonchev–Trinajstić information content (AvgIpc) is 2.59. The van der Waals surface area contributed by atoms with E-state index in [0.29, 0.717) is 10.0 Å². The first kappa shape index (κ1) is 16.7. The summed E-state index contributed by atoms with van der Waals surface area (Å²) in [5.41, 5.74) is 2.48. The van der Waals surface area contributed by atoms with Gasteiger partial charge in [0.05, 0.1) is 5.56 Å². The molecule has 1 aliphatic rings. The second-order valence-electron chi connectivity index (χ2n) is 5.84. The highest BCUT2D eigenvalue weighted by Gasteiger charge is 2.28. The Kier molecular flexibility index (Phi) is 5.00. The van der Waals surface area contributed by atoms with Gasteiger partial charge in [-0.05, 0) is 59.5 Å². The number of ether oxygens (including phenoxy) is 1. The summed E-state index contributed by atoms with van der Waals surface area (Å²) in [4.78, 5) is 26.5. The Labute approximate surface area is 149 Å². The molecule has 2 aromatic rings. The van der Waals surface area contributed by atoms with Crippen LogP contribution in [0.5, 0.6) is 0 Å². The number of benzene rings is 2. The van der Waals surface area contributed by atoms with Gasteiger partial charge in [-0.25, -0.2) is 4.79 Å². The first-order valence-corrected chi connectivity index (χ1v) is 8.69. The molecule has 1 heterocycles. The number of carbonyl (C=O) groups is 2. The summed E-state index contributed by atoms with van der Waals surface area (Å²) in [7, 11) is 0. The van der Waals surface area contributed by atoms with Gasteiger partial charge in [0, 0.05) is 16.2 Å². The monoisotopic (exact) mass is 387 g/mol. The van der Waals surface area contributed by atoms with Crippen LogP contribution in [0.25, 0.3) is 0 Å². The fraction of sp³-hybridized carbons (Fsp3) is 0.263. The average molecular weight is 388 g/mol. The van der Waals surface area contributed by atoms with Crippen LogP contribution in [0, 0.1) is 0 Å². The van der Waals surface area contributed by atoms with E-state index in [0.717, 1.165) is 24.1 Å². The van der Waals surface area contributed by atoms with Gasteiger partial charge in [-0.15, -0.1) is 0 Å². The standard InChI is InChI=1S/C19H18BrNO3/c1-13-10-11-14-6-2-5-9-17(14)21(13)18(22)12-24-19(23)15-7-3-4-8-16(15)20/h2-9,13H,10-12H2,1H3. The quantitative estimate of drug-likeness (QED) is 0.748. The van der Waals surface area contributed by atoms with Crippen molar-refractivity contribution in [3.63, 3.8) is 0 Å². The van der Waals surface area contributed by atoms with Crippen LogP contribution < -0.4 is 4.90 Å². The molecule has 0 aliphatic carbocycles. The lowest BCUT2D eigenvalue weighted by Gasteiger charge is -2.35. The number of hydrogen-bond acceptors (Lipinski definition) is 3. The van der Waals surface area contributed by atoms with E-state index in [1.807, 2.05) is 37.3 Å². The molecule has 1 aliphatic heterocycles. The van der Waals surface area contributed by atoms with Gasteiger partial charge >= 0.3 is 5.97 Å². The van der Waals surface area contributed by atoms with Crippen molar-refractivity contribution in [1.82, 2.24) is 0 Å². The molecule has 124 valence electrons. The molecular formula is C19H18BrNO3. The van der Waals surface area contributed by atoms with E-state index in [1.54, 1.807) is 23.1 Å². The Balaban J connectivity index is 1.71. The minimum Gasteiger partial charge on any atom is -0.452 e. The number of aryl methyl sites for hydroxylation is 1. The summed E-state index contributed by atoms with van der Waals surface area (Å²) in [5, 5.41) is 0. The molecule has 0 bridgehead atoms. The van der Waals surface area contributed by atoms with Gasteiger partial charge in [-0.3, -0.25) is 4.79 Å². The number of fused-ring (bicyclic) bond motifs is 1. The van der Waals surface area contributed by atoms with Gasteiger partial charge < -0.3 is 9.64 Å².